The van der Waals surface area contributed by atoms with E-state index < -0.39 is 5.82 Å². The first-order valence-electron chi connectivity index (χ1n) is 13.2. The van der Waals surface area contributed by atoms with E-state index in [2.05, 4.69) is 16.4 Å². The minimum atomic E-state index is -0.551. The van der Waals surface area contributed by atoms with Gasteiger partial charge in [-0.3, -0.25) is 14.7 Å². The summed E-state index contributed by atoms with van der Waals surface area (Å²) in [5, 5.41) is 14.0. The van der Waals surface area contributed by atoms with E-state index in [1.54, 1.807) is 12.1 Å². The summed E-state index contributed by atoms with van der Waals surface area (Å²) in [6.07, 6.45) is 4.19. The fourth-order valence-electron chi connectivity index (χ4n) is 4.62. The fourth-order valence-corrected chi connectivity index (χ4v) is 4.97. The van der Waals surface area contributed by atoms with Gasteiger partial charge >= 0.3 is 0 Å². The van der Waals surface area contributed by atoms with Gasteiger partial charge in [-0.1, -0.05) is 48.4 Å². The Kier molecular flexibility index (Phi) is 10.1. The number of carbonyl (C=O) groups is 1. The first-order chi connectivity index (χ1) is 19.3. The van der Waals surface area contributed by atoms with Crippen molar-refractivity contribution >= 4 is 51.3 Å². The Balaban J connectivity index is 1.71. The summed E-state index contributed by atoms with van der Waals surface area (Å²) in [6.45, 7) is 5.13. The Morgan fingerprint density at radius 1 is 1.07 bits per heavy atom. The number of pyridine rings is 1. The number of nitrogens with zero attached hydrogens (tertiary/aromatic N) is 3. The van der Waals surface area contributed by atoms with Crippen molar-refractivity contribution in [2.45, 2.75) is 39.7 Å². The number of rotatable bonds is 12. The van der Waals surface area contributed by atoms with Gasteiger partial charge in [0.1, 0.15) is 11.9 Å². The lowest BCUT2D eigenvalue weighted by Gasteiger charge is -2.24. The molecule has 0 aliphatic carbocycles. The van der Waals surface area contributed by atoms with Gasteiger partial charge in [-0.15, -0.1) is 11.6 Å². The number of anilines is 2. The summed E-state index contributed by atoms with van der Waals surface area (Å²) < 4.78 is 14.8. The molecule has 4 rings (SSSR count). The van der Waals surface area contributed by atoms with E-state index in [1.807, 2.05) is 49.1 Å². The summed E-state index contributed by atoms with van der Waals surface area (Å²) in [5.74, 6) is 0.0179. The molecule has 3 aromatic carbocycles. The van der Waals surface area contributed by atoms with Crippen LogP contribution in [0.25, 0.3) is 10.9 Å². The van der Waals surface area contributed by atoms with E-state index in [0.717, 1.165) is 41.3 Å². The molecule has 4 aromatic rings. The molecule has 1 heterocycles. The average molecular weight is 578 g/mol. The number of aromatic nitrogens is 1. The number of aryl methyl sites for hydroxylation is 2. The number of fused-ring (bicyclic) bond motifs is 1. The lowest BCUT2D eigenvalue weighted by molar-refractivity contribution is 0.0924. The first kappa shape index (κ1) is 29.5. The maximum absolute atomic E-state index is 14.8. The van der Waals surface area contributed by atoms with Crippen LogP contribution >= 0.6 is 23.2 Å². The summed E-state index contributed by atoms with van der Waals surface area (Å²) in [4.78, 5) is 19.6. The number of carbonyl (C=O) groups excluding carboxylic acids is 1. The van der Waals surface area contributed by atoms with E-state index in [1.165, 1.54) is 18.3 Å². The number of unbranched alkanes of at least 4 members (excludes halogenated alkanes) is 2. The van der Waals surface area contributed by atoms with Crippen molar-refractivity contribution in [3.05, 3.63) is 99.5 Å². The van der Waals surface area contributed by atoms with E-state index in [0.29, 0.717) is 47.0 Å². The minimum Gasteiger partial charge on any atom is -0.354 e. The van der Waals surface area contributed by atoms with Crippen LogP contribution in [0.1, 0.15) is 51.9 Å². The summed E-state index contributed by atoms with van der Waals surface area (Å²) in [5.41, 5.74) is 5.65. The van der Waals surface area contributed by atoms with Crippen molar-refractivity contribution in [1.82, 2.24) is 9.88 Å². The van der Waals surface area contributed by atoms with Crippen LogP contribution in [0.4, 0.5) is 15.8 Å². The molecule has 206 valence electrons. The quantitative estimate of drug-likeness (QED) is 0.104. The normalized spacial score (nSPS) is 11.1. The van der Waals surface area contributed by atoms with Gasteiger partial charge in [0.05, 0.1) is 28.3 Å². The highest BCUT2D eigenvalue weighted by Crippen LogP contribution is 2.34. The summed E-state index contributed by atoms with van der Waals surface area (Å²) >= 11 is 12.1. The van der Waals surface area contributed by atoms with Crippen LogP contribution in [0.15, 0.2) is 60.8 Å². The zero-order valence-corrected chi connectivity index (χ0v) is 24.1. The maximum Gasteiger partial charge on any atom is 0.176 e. The highest BCUT2D eigenvalue weighted by Gasteiger charge is 2.19. The monoisotopic (exact) mass is 576 g/mol. The minimum absolute atomic E-state index is 0.0142. The number of nitrogens with one attached hydrogen (secondary N) is 1. The molecule has 8 heteroatoms. The van der Waals surface area contributed by atoms with E-state index in [-0.39, 0.29) is 17.4 Å². The second-order valence-corrected chi connectivity index (χ2v) is 10.7. The van der Waals surface area contributed by atoms with Crippen LogP contribution in [-0.4, -0.2) is 34.6 Å². The van der Waals surface area contributed by atoms with Gasteiger partial charge in [0, 0.05) is 35.3 Å². The molecule has 0 bridgehead atoms. The molecular formula is C32H31Cl2FN4O. The third-order valence-electron chi connectivity index (χ3n) is 6.97. The molecule has 0 fully saturated rings. The molecule has 5 nitrogen and oxygen atoms in total. The number of nitriles is 1. The molecule has 0 radical (unpaired) electrons. The number of alkyl halides is 1. The number of ketones is 1. The smallest absolute Gasteiger partial charge is 0.176 e. The standard InChI is InChI=1S/C32H31Cl2FN4O/c1-21-13-26-30(14-22(21)2)37-18-25(17-36)32(26)38-29-16-27(34)28(35)15-24(29)19-39(12-8-4-7-11-33)20-31(40)23-9-5-3-6-10-23/h3,5-6,9-10,13-16,18H,4,7-8,11-12,19-20H2,1-2H3,(H,37,38). The van der Waals surface area contributed by atoms with Gasteiger partial charge in [0.15, 0.2) is 5.78 Å². The molecule has 40 heavy (non-hydrogen) atoms. The Morgan fingerprint density at radius 3 is 2.55 bits per heavy atom. The number of benzene rings is 3. The topological polar surface area (TPSA) is 69.0 Å². The SMILES string of the molecule is Cc1cc2ncc(C#N)c(Nc3cc(Cl)c(F)cc3CN(CCCCCCl)CC(=O)c3ccccc3)c2cc1C. The molecule has 0 saturated heterocycles. The molecule has 1 N–H and O–H groups in total. The predicted octanol–water partition coefficient (Wildman–Crippen LogP) is 8.35. The molecule has 0 amide bonds. The highest BCUT2D eigenvalue weighted by atomic mass is 35.5. The number of Topliss-reactive ketones (excluding diaryl/α,β-unsaturated/α-hetero) is 1. The van der Waals surface area contributed by atoms with E-state index in [4.69, 9.17) is 23.2 Å². The third-order valence-corrected chi connectivity index (χ3v) is 7.53. The molecule has 0 aliphatic heterocycles. The predicted molar refractivity (Wildman–Crippen MR) is 161 cm³/mol. The first-order valence-corrected chi connectivity index (χ1v) is 14.1. The summed E-state index contributed by atoms with van der Waals surface area (Å²) in [7, 11) is 0. The Labute approximate surface area is 244 Å². The molecule has 0 saturated carbocycles. The maximum atomic E-state index is 14.8. The largest absolute Gasteiger partial charge is 0.354 e. The molecule has 0 spiro atoms. The van der Waals surface area contributed by atoms with Crippen LogP contribution in [0.3, 0.4) is 0 Å². The van der Waals surface area contributed by atoms with Crippen molar-refractivity contribution in [2.24, 2.45) is 0 Å². The lowest BCUT2D eigenvalue weighted by atomic mass is 10.0. The van der Waals surface area contributed by atoms with Crippen LogP contribution < -0.4 is 5.32 Å². The highest BCUT2D eigenvalue weighted by molar-refractivity contribution is 6.31. The molecule has 1 aromatic heterocycles. The van der Waals surface area contributed by atoms with Crippen molar-refractivity contribution in [1.29, 1.82) is 5.26 Å². The Morgan fingerprint density at radius 2 is 1.82 bits per heavy atom. The Hall–Kier alpha value is -3.50. The second kappa shape index (κ2) is 13.7. The van der Waals surface area contributed by atoms with Gasteiger partial charge in [-0.05, 0) is 74.2 Å². The molecule has 0 atom stereocenters. The van der Waals surface area contributed by atoms with Gasteiger partial charge in [0.25, 0.3) is 0 Å². The van der Waals surface area contributed by atoms with Crippen molar-refractivity contribution in [3.63, 3.8) is 0 Å². The zero-order valence-electron chi connectivity index (χ0n) is 22.6. The second-order valence-electron chi connectivity index (χ2n) is 9.91. The van der Waals surface area contributed by atoms with Crippen LogP contribution in [0.5, 0.6) is 0 Å². The van der Waals surface area contributed by atoms with Crippen LogP contribution in [0.2, 0.25) is 5.02 Å². The van der Waals surface area contributed by atoms with Gasteiger partial charge in [0.2, 0.25) is 0 Å². The number of hydrogen-bond acceptors (Lipinski definition) is 5. The van der Waals surface area contributed by atoms with E-state index >= 15 is 0 Å². The lowest BCUT2D eigenvalue weighted by Crippen LogP contribution is -2.31. The summed E-state index contributed by atoms with van der Waals surface area (Å²) in [6, 6.07) is 18.3. The molecular weight excluding hydrogens is 546 g/mol. The van der Waals surface area contributed by atoms with Crippen molar-refractivity contribution < 1.29 is 9.18 Å². The fraction of sp³-hybridized carbons (Fsp3) is 0.281. The number of halogens is 3. The van der Waals surface area contributed by atoms with Crippen molar-refractivity contribution in [3.8, 4) is 6.07 Å². The van der Waals surface area contributed by atoms with E-state index in [9.17, 15) is 14.4 Å². The van der Waals surface area contributed by atoms with Gasteiger partial charge in [-0.2, -0.15) is 5.26 Å². The van der Waals surface area contributed by atoms with Crippen LogP contribution in [0, 0.1) is 31.0 Å². The average Bonchev–Trinajstić information content (AvgIpc) is 2.95. The van der Waals surface area contributed by atoms with Crippen LogP contribution in [-0.2, 0) is 6.54 Å². The Bertz CT molecular complexity index is 1550. The zero-order chi connectivity index (χ0) is 28.6. The van der Waals surface area contributed by atoms with Gasteiger partial charge < -0.3 is 5.32 Å². The molecule has 0 aliphatic rings. The number of hydrogen-bond donors (Lipinski definition) is 1. The van der Waals surface area contributed by atoms with Gasteiger partial charge in [-0.25, -0.2) is 4.39 Å². The van der Waals surface area contributed by atoms with Crippen molar-refractivity contribution in [2.75, 3.05) is 24.3 Å². The third kappa shape index (κ3) is 7.17. The molecule has 0 unspecified atom stereocenters.